The molecule has 1 aromatic carbocycles. The molecule has 1 saturated heterocycles. The average molecular weight is 319 g/mol. The minimum atomic E-state index is -2.55. The van der Waals surface area contributed by atoms with Crippen LogP contribution in [-0.4, -0.2) is 30.5 Å². The first-order valence-corrected chi connectivity index (χ1v) is 7.70. The molecular weight excluding hydrogens is 300 g/mol. The van der Waals surface area contributed by atoms with Crippen LogP contribution in [0.1, 0.15) is 25.3 Å². The molecule has 23 heavy (non-hydrogen) atoms. The first-order chi connectivity index (χ1) is 11.1. The van der Waals surface area contributed by atoms with Gasteiger partial charge < -0.3 is 10.2 Å². The van der Waals surface area contributed by atoms with Crippen molar-refractivity contribution in [2.45, 2.75) is 25.8 Å². The van der Waals surface area contributed by atoms with Gasteiger partial charge in [0.15, 0.2) is 0 Å². The standard InChI is InChI=1S/C17H19F2N3O/c1-11-7-12(21-10-23)9-22(8-11)15-5-4-14(17(18)19)16-13(15)3-2-6-20-16/h2-6,10-12,17H,7-9H2,1H3,(H,21,23)/t11?,12-/m1/s1. The summed E-state index contributed by atoms with van der Waals surface area (Å²) in [6.45, 7) is 3.62. The second-order valence-corrected chi connectivity index (χ2v) is 6.10. The zero-order valence-electron chi connectivity index (χ0n) is 12.9. The Bertz CT molecular complexity index is 707. The van der Waals surface area contributed by atoms with Gasteiger partial charge in [-0.1, -0.05) is 6.92 Å². The molecule has 2 aromatic rings. The number of amides is 1. The van der Waals surface area contributed by atoms with E-state index in [9.17, 15) is 13.6 Å². The zero-order valence-corrected chi connectivity index (χ0v) is 12.9. The predicted molar refractivity (Wildman–Crippen MR) is 85.7 cm³/mol. The molecule has 0 bridgehead atoms. The number of aromatic nitrogens is 1. The van der Waals surface area contributed by atoms with Crippen LogP contribution in [-0.2, 0) is 4.79 Å². The number of nitrogens with one attached hydrogen (secondary N) is 1. The number of anilines is 1. The topological polar surface area (TPSA) is 45.2 Å². The molecule has 0 saturated carbocycles. The Morgan fingerprint density at radius 2 is 2.17 bits per heavy atom. The molecule has 6 heteroatoms. The number of hydrogen-bond acceptors (Lipinski definition) is 3. The maximum Gasteiger partial charge on any atom is 0.265 e. The van der Waals surface area contributed by atoms with E-state index in [0.29, 0.717) is 18.0 Å². The fourth-order valence-electron chi connectivity index (χ4n) is 3.40. The Labute approximate surface area is 133 Å². The third-order valence-electron chi connectivity index (χ3n) is 4.32. The second kappa shape index (κ2) is 6.48. The smallest absolute Gasteiger partial charge is 0.265 e. The summed E-state index contributed by atoms with van der Waals surface area (Å²) in [6.07, 6.45) is 0.625. The lowest BCUT2D eigenvalue weighted by Crippen LogP contribution is -2.48. The Kier molecular flexibility index (Phi) is 4.41. The Morgan fingerprint density at radius 1 is 1.35 bits per heavy atom. The van der Waals surface area contributed by atoms with Gasteiger partial charge in [0, 0.05) is 42.0 Å². The van der Waals surface area contributed by atoms with Crippen LogP contribution in [0, 0.1) is 5.92 Å². The molecule has 1 aliphatic rings. The van der Waals surface area contributed by atoms with Crippen molar-refractivity contribution in [2.75, 3.05) is 18.0 Å². The first kappa shape index (κ1) is 15.6. The van der Waals surface area contributed by atoms with Gasteiger partial charge in [-0.05, 0) is 36.6 Å². The molecule has 3 rings (SSSR count). The molecule has 1 aromatic heterocycles. The van der Waals surface area contributed by atoms with E-state index in [-0.39, 0.29) is 11.6 Å². The number of hydrogen-bond donors (Lipinski definition) is 1. The van der Waals surface area contributed by atoms with Crippen LogP contribution < -0.4 is 10.2 Å². The van der Waals surface area contributed by atoms with Crippen molar-refractivity contribution in [2.24, 2.45) is 5.92 Å². The van der Waals surface area contributed by atoms with Crippen molar-refractivity contribution < 1.29 is 13.6 Å². The minimum Gasteiger partial charge on any atom is -0.369 e. The highest BCUT2D eigenvalue weighted by molar-refractivity contribution is 5.94. The molecule has 2 atom stereocenters. The molecule has 1 aliphatic heterocycles. The highest BCUT2D eigenvalue weighted by Crippen LogP contribution is 2.34. The van der Waals surface area contributed by atoms with Crippen LogP contribution in [0.15, 0.2) is 30.5 Å². The first-order valence-electron chi connectivity index (χ1n) is 7.70. The molecule has 4 nitrogen and oxygen atoms in total. The van der Waals surface area contributed by atoms with Crippen LogP contribution in [0.3, 0.4) is 0 Å². The summed E-state index contributed by atoms with van der Waals surface area (Å²) in [5, 5.41) is 3.56. The molecule has 2 heterocycles. The van der Waals surface area contributed by atoms with Crippen molar-refractivity contribution in [1.29, 1.82) is 0 Å². The van der Waals surface area contributed by atoms with Gasteiger partial charge in [0.1, 0.15) is 0 Å². The SMILES string of the molecule is CC1C[C@@H](NC=O)CN(c2ccc(C(F)F)c3ncccc23)C1. The molecule has 122 valence electrons. The second-order valence-electron chi connectivity index (χ2n) is 6.10. The Balaban J connectivity index is 2.02. The predicted octanol–water partition coefficient (Wildman–Crippen LogP) is 3.13. The molecule has 1 N–H and O–H groups in total. The van der Waals surface area contributed by atoms with Gasteiger partial charge in [0.05, 0.1) is 5.52 Å². The molecule has 0 spiro atoms. The third-order valence-corrected chi connectivity index (χ3v) is 4.32. The number of pyridine rings is 1. The summed E-state index contributed by atoms with van der Waals surface area (Å²) >= 11 is 0. The van der Waals surface area contributed by atoms with Gasteiger partial charge >= 0.3 is 0 Å². The van der Waals surface area contributed by atoms with Crippen LogP contribution >= 0.6 is 0 Å². The lowest BCUT2D eigenvalue weighted by molar-refractivity contribution is -0.110. The van der Waals surface area contributed by atoms with Gasteiger partial charge in [0.2, 0.25) is 6.41 Å². The van der Waals surface area contributed by atoms with Crippen molar-refractivity contribution >= 4 is 23.0 Å². The Hall–Kier alpha value is -2.24. The molecule has 0 aliphatic carbocycles. The summed E-state index contributed by atoms with van der Waals surface area (Å²) in [6, 6.07) is 6.84. The molecular formula is C17H19F2N3O. The monoisotopic (exact) mass is 319 g/mol. The van der Waals surface area contributed by atoms with E-state index in [1.54, 1.807) is 12.1 Å². The number of carbonyl (C=O) groups excluding carboxylic acids is 1. The average Bonchev–Trinajstić information content (AvgIpc) is 2.53. The van der Waals surface area contributed by atoms with E-state index in [1.165, 1.54) is 12.3 Å². The van der Waals surface area contributed by atoms with E-state index in [0.717, 1.165) is 30.4 Å². The van der Waals surface area contributed by atoms with Gasteiger partial charge in [-0.2, -0.15) is 0 Å². The van der Waals surface area contributed by atoms with Crippen LogP contribution in [0.25, 0.3) is 10.9 Å². The largest absolute Gasteiger partial charge is 0.369 e. The van der Waals surface area contributed by atoms with E-state index in [2.05, 4.69) is 22.1 Å². The Morgan fingerprint density at radius 3 is 2.91 bits per heavy atom. The fourth-order valence-corrected chi connectivity index (χ4v) is 3.40. The maximum absolute atomic E-state index is 13.2. The fraction of sp³-hybridized carbons (Fsp3) is 0.412. The number of benzene rings is 1. The van der Waals surface area contributed by atoms with Crippen molar-refractivity contribution in [3.63, 3.8) is 0 Å². The quantitative estimate of drug-likeness (QED) is 0.881. The van der Waals surface area contributed by atoms with Gasteiger partial charge in [0.25, 0.3) is 6.43 Å². The number of fused-ring (bicyclic) bond motifs is 1. The highest BCUT2D eigenvalue weighted by atomic mass is 19.3. The van der Waals surface area contributed by atoms with Crippen LogP contribution in [0.2, 0.25) is 0 Å². The van der Waals surface area contributed by atoms with E-state index in [4.69, 9.17) is 0 Å². The lowest BCUT2D eigenvalue weighted by Gasteiger charge is -2.38. The van der Waals surface area contributed by atoms with Gasteiger partial charge in [-0.3, -0.25) is 9.78 Å². The van der Waals surface area contributed by atoms with Crippen molar-refractivity contribution in [3.8, 4) is 0 Å². The number of rotatable bonds is 4. The van der Waals surface area contributed by atoms with Crippen LogP contribution in [0.4, 0.5) is 14.5 Å². The number of alkyl halides is 2. The molecule has 1 unspecified atom stereocenters. The maximum atomic E-state index is 13.2. The van der Waals surface area contributed by atoms with Gasteiger partial charge in [-0.25, -0.2) is 8.78 Å². The van der Waals surface area contributed by atoms with Gasteiger partial charge in [-0.15, -0.1) is 0 Å². The minimum absolute atomic E-state index is 0.0445. The summed E-state index contributed by atoms with van der Waals surface area (Å²) in [7, 11) is 0. The summed E-state index contributed by atoms with van der Waals surface area (Å²) in [5.74, 6) is 0.405. The van der Waals surface area contributed by atoms with E-state index >= 15 is 0 Å². The highest BCUT2D eigenvalue weighted by Gasteiger charge is 2.26. The number of carbonyl (C=O) groups is 1. The van der Waals surface area contributed by atoms with E-state index < -0.39 is 6.43 Å². The van der Waals surface area contributed by atoms with Crippen LogP contribution in [0.5, 0.6) is 0 Å². The summed E-state index contributed by atoms with van der Waals surface area (Å²) in [5.41, 5.74) is 1.19. The van der Waals surface area contributed by atoms with E-state index in [1.807, 2.05) is 6.07 Å². The summed E-state index contributed by atoms with van der Waals surface area (Å²) < 4.78 is 26.4. The van der Waals surface area contributed by atoms with Crippen molar-refractivity contribution in [3.05, 3.63) is 36.0 Å². The third kappa shape index (κ3) is 3.11. The molecule has 0 radical (unpaired) electrons. The summed E-state index contributed by atoms with van der Waals surface area (Å²) in [4.78, 5) is 17.0. The molecule has 1 amide bonds. The number of halogens is 2. The zero-order chi connectivity index (χ0) is 16.4. The van der Waals surface area contributed by atoms with Crippen molar-refractivity contribution in [1.82, 2.24) is 10.3 Å². The number of piperidine rings is 1. The number of nitrogens with zero attached hydrogens (tertiary/aromatic N) is 2. The molecule has 1 fully saturated rings. The normalized spacial score (nSPS) is 21.7. The lowest BCUT2D eigenvalue weighted by atomic mass is 9.94.